The number of benzene rings is 3. The summed E-state index contributed by atoms with van der Waals surface area (Å²) in [4.78, 5) is 31.7. The average Bonchev–Trinajstić information content (AvgIpc) is 2.80. The van der Waals surface area contributed by atoms with Crippen molar-refractivity contribution in [1.29, 1.82) is 0 Å². The number of carbonyl (C=O) groups excluding carboxylic acids is 1. The number of para-hydroxylation sites is 1. The first-order valence-electron chi connectivity index (χ1n) is 10.2. The van der Waals surface area contributed by atoms with Crippen LogP contribution in [0.25, 0.3) is 16.6 Å². The maximum absolute atomic E-state index is 13.0. The molecule has 0 spiro atoms. The highest BCUT2D eigenvalue weighted by molar-refractivity contribution is 7.99. The molecule has 0 radical (unpaired) electrons. The Kier molecular flexibility index (Phi) is 5.08. The summed E-state index contributed by atoms with van der Waals surface area (Å²) in [6, 6.07) is 22.7. The molecule has 6 heteroatoms. The SMILES string of the molecule is Cc1nc2ccccc2c(=O)n1-c1ccc(C(=O)NC2CCSc3ccccc32)cc1. The molecule has 1 N–H and O–H groups in total. The van der Waals surface area contributed by atoms with Gasteiger partial charge in [-0.25, -0.2) is 4.98 Å². The van der Waals surface area contributed by atoms with Crippen molar-refractivity contribution in [3.63, 3.8) is 0 Å². The highest BCUT2D eigenvalue weighted by Gasteiger charge is 2.22. The van der Waals surface area contributed by atoms with Gasteiger partial charge in [-0.15, -0.1) is 11.8 Å². The smallest absolute Gasteiger partial charge is 0.265 e. The molecule has 0 bridgehead atoms. The Balaban J connectivity index is 1.42. The molecular weight excluding hydrogens is 406 g/mol. The monoisotopic (exact) mass is 427 g/mol. The lowest BCUT2D eigenvalue weighted by molar-refractivity contribution is 0.0935. The highest BCUT2D eigenvalue weighted by atomic mass is 32.2. The summed E-state index contributed by atoms with van der Waals surface area (Å²) in [5.74, 6) is 1.48. The van der Waals surface area contributed by atoms with E-state index in [0.717, 1.165) is 12.2 Å². The minimum absolute atomic E-state index is 0.0131. The molecule has 1 aliphatic heterocycles. The second kappa shape index (κ2) is 8.04. The zero-order chi connectivity index (χ0) is 21.4. The summed E-state index contributed by atoms with van der Waals surface area (Å²) in [5.41, 5.74) is 3.00. The average molecular weight is 428 g/mol. The first-order chi connectivity index (χ1) is 15.1. The molecule has 1 atom stereocenters. The maximum Gasteiger partial charge on any atom is 0.265 e. The van der Waals surface area contributed by atoms with Gasteiger partial charge in [0.15, 0.2) is 0 Å². The molecule has 1 amide bonds. The lowest BCUT2D eigenvalue weighted by Gasteiger charge is -2.26. The lowest BCUT2D eigenvalue weighted by Crippen LogP contribution is -2.30. The Morgan fingerprint density at radius 2 is 1.77 bits per heavy atom. The summed E-state index contributed by atoms with van der Waals surface area (Å²) in [5, 5.41) is 3.74. The Morgan fingerprint density at radius 1 is 1.03 bits per heavy atom. The van der Waals surface area contributed by atoms with Gasteiger partial charge in [0.1, 0.15) is 5.82 Å². The first-order valence-corrected chi connectivity index (χ1v) is 11.2. The van der Waals surface area contributed by atoms with Crippen molar-refractivity contribution in [2.75, 3.05) is 5.75 Å². The number of nitrogens with zero attached hydrogens (tertiary/aromatic N) is 2. The van der Waals surface area contributed by atoms with Crippen molar-refractivity contribution < 1.29 is 4.79 Å². The summed E-state index contributed by atoms with van der Waals surface area (Å²) in [6.07, 6.45) is 0.906. The van der Waals surface area contributed by atoms with Crippen LogP contribution in [0.15, 0.2) is 82.5 Å². The normalized spacial score (nSPS) is 15.5. The van der Waals surface area contributed by atoms with E-state index in [9.17, 15) is 9.59 Å². The minimum atomic E-state index is -0.114. The summed E-state index contributed by atoms with van der Waals surface area (Å²) < 4.78 is 1.58. The van der Waals surface area contributed by atoms with E-state index in [0.29, 0.717) is 28.0 Å². The van der Waals surface area contributed by atoms with Crippen LogP contribution in [0.2, 0.25) is 0 Å². The van der Waals surface area contributed by atoms with Crippen LogP contribution in [0.5, 0.6) is 0 Å². The van der Waals surface area contributed by atoms with Gasteiger partial charge in [-0.3, -0.25) is 14.2 Å². The van der Waals surface area contributed by atoms with Gasteiger partial charge in [0, 0.05) is 16.2 Å². The van der Waals surface area contributed by atoms with E-state index in [1.807, 2.05) is 49.0 Å². The molecule has 31 heavy (non-hydrogen) atoms. The van der Waals surface area contributed by atoms with Gasteiger partial charge >= 0.3 is 0 Å². The Labute approximate surface area is 184 Å². The minimum Gasteiger partial charge on any atom is -0.345 e. The van der Waals surface area contributed by atoms with Crippen molar-refractivity contribution in [3.8, 4) is 5.69 Å². The fourth-order valence-electron chi connectivity index (χ4n) is 4.04. The van der Waals surface area contributed by atoms with Crippen LogP contribution in [0.4, 0.5) is 0 Å². The highest BCUT2D eigenvalue weighted by Crippen LogP contribution is 2.35. The number of carbonyl (C=O) groups is 1. The van der Waals surface area contributed by atoms with Crippen LogP contribution in [-0.2, 0) is 0 Å². The van der Waals surface area contributed by atoms with Crippen molar-refractivity contribution >= 4 is 28.6 Å². The molecular formula is C25H21N3O2S. The van der Waals surface area contributed by atoms with Crippen LogP contribution in [0.3, 0.4) is 0 Å². The molecule has 5 nitrogen and oxygen atoms in total. The molecule has 0 saturated carbocycles. The molecule has 0 aliphatic carbocycles. The molecule has 5 rings (SSSR count). The number of nitrogens with one attached hydrogen (secondary N) is 1. The zero-order valence-corrected chi connectivity index (χ0v) is 17.9. The number of aryl methyl sites for hydroxylation is 1. The lowest BCUT2D eigenvalue weighted by atomic mass is 10.0. The third-order valence-corrected chi connectivity index (χ3v) is 6.72. The van der Waals surface area contributed by atoms with Crippen LogP contribution >= 0.6 is 11.8 Å². The third-order valence-electron chi connectivity index (χ3n) is 5.59. The first kappa shape index (κ1) is 19.6. The number of aromatic nitrogens is 2. The fourth-order valence-corrected chi connectivity index (χ4v) is 5.17. The number of hydrogen-bond donors (Lipinski definition) is 1. The van der Waals surface area contributed by atoms with Crippen molar-refractivity contribution in [2.45, 2.75) is 24.3 Å². The van der Waals surface area contributed by atoms with E-state index in [4.69, 9.17) is 0 Å². The predicted molar refractivity (Wildman–Crippen MR) is 124 cm³/mol. The van der Waals surface area contributed by atoms with Gasteiger partial charge in [0.25, 0.3) is 11.5 Å². The largest absolute Gasteiger partial charge is 0.345 e. The van der Waals surface area contributed by atoms with E-state index in [1.165, 1.54) is 10.5 Å². The van der Waals surface area contributed by atoms with E-state index in [-0.39, 0.29) is 17.5 Å². The standard InChI is InChI=1S/C25H21N3O2S/c1-16-26-21-8-4-2-7-20(21)25(30)28(16)18-12-10-17(11-13-18)24(29)27-22-14-15-31-23-9-5-3-6-19(22)23/h2-13,22H,14-15H2,1H3,(H,27,29). The molecule has 3 aromatic carbocycles. The van der Waals surface area contributed by atoms with Crippen LogP contribution in [0.1, 0.15) is 34.2 Å². The van der Waals surface area contributed by atoms with Gasteiger partial charge in [-0.1, -0.05) is 30.3 Å². The van der Waals surface area contributed by atoms with Crippen molar-refractivity contribution in [2.24, 2.45) is 0 Å². The van der Waals surface area contributed by atoms with Crippen molar-refractivity contribution in [1.82, 2.24) is 14.9 Å². The molecule has 1 aliphatic rings. The fraction of sp³-hybridized carbons (Fsp3) is 0.160. The second-order valence-electron chi connectivity index (χ2n) is 7.56. The van der Waals surface area contributed by atoms with Gasteiger partial charge in [0.2, 0.25) is 0 Å². The molecule has 0 saturated heterocycles. The van der Waals surface area contributed by atoms with E-state index in [2.05, 4.69) is 22.4 Å². The molecule has 154 valence electrons. The zero-order valence-electron chi connectivity index (χ0n) is 17.0. The summed E-state index contributed by atoms with van der Waals surface area (Å²) in [6.45, 7) is 1.81. The molecule has 2 heterocycles. The van der Waals surface area contributed by atoms with Crippen LogP contribution in [0, 0.1) is 6.92 Å². The number of thioether (sulfide) groups is 1. The van der Waals surface area contributed by atoms with Crippen molar-refractivity contribution in [3.05, 3.63) is 100 Å². The Bertz CT molecular complexity index is 1350. The van der Waals surface area contributed by atoms with Crippen LogP contribution in [-0.4, -0.2) is 21.2 Å². The summed E-state index contributed by atoms with van der Waals surface area (Å²) in [7, 11) is 0. The molecule has 1 aromatic heterocycles. The topological polar surface area (TPSA) is 64.0 Å². The number of amides is 1. The van der Waals surface area contributed by atoms with E-state index >= 15 is 0 Å². The van der Waals surface area contributed by atoms with Crippen LogP contribution < -0.4 is 10.9 Å². The number of rotatable bonds is 3. The van der Waals surface area contributed by atoms with Gasteiger partial charge < -0.3 is 5.32 Å². The molecule has 1 unspecified atom stereocenters. The van der Waals surface area contributed by atoms with Gasteiger partial charge in [0.05, 0.1) is 22.6 Å². The third kappa shape index (κ3) is 3.64. The maximum atomic E-state index is 13.0. The predicted octanol–water partition coefficient (Wildman–Crippen LogP) is 4.66. The van der Waals surface area contributed by atoms with Gasteiger partial charge in [-0.2, -0.15) is 0 Å². The molecule has 0 fully saturated rings. The molecule has 4 aromatic rings. The van der Waals surface area contributed by atoms with E-state index < -0.39 is 0 Å². The summed E-state index contributed by atoms with van der Waals surface area (Å²) >= 11 is 1.83. The second-order valence-corrected chi connectivity index (χ2v) is 8.70. The van der Waals surface area contributed by atoms with Gasteiger partial charge in [-0.05, 0) is 61.4 Å². The quantitative estimate of drug-likeness (QED) is 0.516. The Morgan fingerprint density at radius 3 is 2.61 bits per heavy atom. The number of fused-ring (bicyclic) bond motifs is 2. The Hall–Kier alpha value is -3.38. The van der Waals surface area contributed by atoms with E-state index in [1.54, 1.807) is 34.9 Å². The number of hydrogen-bond acceptors (Lipinski definition) is 4.